The average molecular weight is 388 g/mol. The SMILES string of the molecule is O=C(N(CCO)Cc1ccccc1)C1(c2ccc(Br)cc2)CCC1. The van der Waals surface area contributed by atoms with Crippen molar-refractivity contribution in [2.75, 3.05) is 13.2 Å². The molecule has 1 N–H and O–H groups in total. The number of carbonyl (C=O) groups excluding carboxylic acids is 1. The van der Waals surface area contributed by atoms with Crippen LogP contribution in [-0.2, 0) is 16.8 Å². The fraction of sp³-hybridized carbons (Fsp3) is 0.350. The van der Waals surface area contributed by atoms with Crippen molar-refractivity contribution >= 4 is 21.8 Å². The maximum atomic E-state index is 13.3. The molecule has 1 fully saturated rings. The number of hydrogen-bond donors (Lipinski definition) is 1. The van der Waals surface area contributed by atoms with Crippen LogP contribution in [0.5, 0.6) is 0 Å². The molecule has 1 aliphatic carbocycles. The summed E-state index contributed by atoms with van der Waals surface area (Å²) in [5.74, 6) is 0.133. The molecule has 0 unspecified atom stereocenters. The molecule has 0 aliphatic heterocycles. The molecular formula is C20H22BrNO2. The van der Waals surface area contributed by atoms with E-state index in [4.69, 9.17) is 0 Å². The van der Waals surface area contributed by atoms with Crippen LogP contribution in [0.25, 0.3) is 0 Å². The number of hydrogen-bond acceptors (Lipinski definition) is 2. The van der Waals surface area contributed by atoms with E-state index in [1.165, 1.54) is 0 Å². The normalized spacial score (nSPS) is 15.6. The van der Waals surface area contributed by atoms with E-state index in [2.05, 4.69) is 15.9 Å². The third-order valence-corrected chi connectivity index (χ3v) is 5.42. The van der Waals surface area contributed by atoms with Crippen LogP contribution in [0.15, 0.2) is 59.1 Å². The van der Waals surface area contributed by atoms with E-state index in [1.807, 2.05) is 54.6 Å². The van der Waals surface area contributed by atoms with Crippen LogP contribution in [-0.4, -0.2) is 29.1 Å². The zero-order valence-corrected chi connectivity index (χ0v) is 15.2. The van der Waals surface area contributed by atoms with Crippen LogP contribution in [0.1, 0.15) is 30.4 Å². The van der Waals surface area contributed by atoms with Gasteiger partial charge >= 0.3 is 0 Å². The fourth-order valence-corrected chi connectivity index (χ4v) is 3.67. The molecule has 1 saturated carbocycles. The lowest BCUT2D eigenvalue weighted by molar-refractivity contribution is -0.142. The van der Waals surface area contributed by atoms with Crippen LogP contribution in [0, 0.1) is 0 Å². The molecule has 0 bridgehead atoms. The van der Waals surface area contributed by atoms with E-state index in [0.717, 1.165) is 34.9 Å². The van der Waals surface area contributed by atoms with Crippen molar-refractivity contribution in [2.45, 2.75) is 31.2 Å². The van der Waals surface area contributed by atoms with Crippen molar-refractivity contribution in [3.63, 3.8) is 0 Å². The highest BCUT2D eigenvalue weighted by Gasteiger charge is 2.47. The van der Waals surface area contributed by atoms with Gasteiger partial charge in [-0.2, -0.15) is 0 Å². The number of amides is 1. The van der Waals surface area contributed by atoms with Gasteiger partial charge in [-0.25, -0.2) is 0 Å². The number of carbonyl (C=O) groups is 1. The molecule has 1 amide bonds. The van der Waals surface area contributed by atoms with E-state index in [0.29, 0.717) is 13.1 Å². The predicted octanol–water partition coefficient (Wildman–Crippen LogP) is 3.89. The summed E-state index contributed by atoms with van der Waals surface area (Å²) in [7, 11) is 0. The third kappa shape index (κ3) is 3.40. The lowest BCUT2D eigenvalue weighted by atomic mass is 9.63. The molecule has 0 aromatic heterocycles. The van der Waals surface area contributed by atoms with Crippen LogP contribution in [0.3, 0.4) is 0 Å². The summed E-state index contributed by atoms with van der Waals surface area (Å²) >= 11 is 3.46. The minimum absolute atomic E-state index is 0.0189. The number of aliphatic hydroxyl groups excluding tert-OH is 1. The first-order valence-electron chi connectivity index (χ1n) is 8.36. The Hall–Kier alpha value is -1.65. The van der Waals surface area contributed by atoms with Gasteiger partial charge in [0.25, 0.3) is 0 Å². The second-order valence-electron chi connectivity index (χ2n) is 6.38. The van der Waals surface area contributed by atoms with Crippen molar-refractivity contribution in [1.82, 2.24) is 4.90 Å². The molecule has 0 heterocycles. The van der Waals surface area contributed by atoms with Gasteiger partial charge in [0.1, 0.15) is 0 Å². The Balaban J connectivity index is 1.86. The molecule has 3 rings (SSSR count). The lowest BCUT2D eigenvalue weighted by Gasteiger charge is -2.44. The number of aliphatic hydroxyl groups is 1. The zero-order chi connectivity index (χ0) is 17.0. The van der Waals surface area contributed by atoms with E-state index in [9.17, 15) is 9.90 Å². The summed E-state index contributed by atoms with van der Waals surface area (Å²) in [4.78, 5) is 15.1. The summed E-state index contributed by atoms with van der Waals surface area (Å²) in [6.07, 6.45) is 2.83. The first-order chi connectivity index (χ1) is 11.7. The van der Waals surface area contributed by atoms with Gasteiger partial charge in [-0.05, 0) is 36.1 Å². The summed E-state index contributed by atoms with van der Waals surface area (Å²) in [6, 6.07) is 18.0. The van der Waals surface area contributed by atoms with Crippen molar-refractivity contribution in [2.24, 2.45) is 0 Å². The monoisotopic (exact) mass is 387 g/mol. The minimum atomic E-state index is -0.426. The summed E-state index contributed by atoms with van der Waals surface area (Å²) in [6.45, 7) is 0.888. The molecule has 2 aromatic carbocycles. The molecule has 0 atom stereocenters. The van der Waals surface area contributed by atoms with Crippen molar-refractivity contribution < 1.29 is 9.90 Å². The Kier molecular flexibility index (Phi) is 5.36. The Morgan fingerprint density at radius 3 is 2.29 bits per heavy atom. The van der Waals surface area contributed by atoms with E-state index < -0.39 is 5.41 Å². The standard InChI is InChI=1S/C20H22BrNO2/c21-18-9-7-17(8-10-18)20(11-4-12-20)19(24)22(13-14-23)15-16-5-2-1-3-6-16/h1-3,5-10,23H,4,11-15H2. The molecule has 0 saturated heterocycles. The van der Waals surface area contributed by atoms with Gasteiger partial charge in [-0.3, -0.25) is 4.79 Å². The first-order valence-corrected chi connectivity index (χ1v) is 9.15. The van der Waals surface area contributed by atoms with Gasteiger partial charge in [0.15, 0.2) is 0 Å². The second-order valence-corrected chi connectivity index (χ2v) is 7.29. The van der Waals surface area contributed by atoms with Crippen molar-refractivity contribution in [3.8, 4) is 0 Å². The summed E-state index contributed by atoms with van der Waals surface area (Å²) < 4.78 is 1.02. The predicted molar refractivity (Wildman–Crippen MR) is 98.6 cm³/mol. The Bertz CT molecular complexity index is 681. The number of halogens is 1. The Morgan fingerprint density at radius 1 is 1.08 bits per heavy atom. The molecule has 24 heavy (non-hydrogen) atoms. The van der Waals surface area contributed by atoms with Gasteiger partial charge in [0, 0.05) is 17.6 Å². The van der Waals surface area contributed by atoms with Crippen LogP contribution in [0.4, 0.5) is 0 Å². The van der Waals surface area contributed by atoms with Crippen molar-refractivity contribution in [1.29, 1.82) is 0 Å². The van der Waals surface area contributed by atoms with Gasteiger partial charge in [-0.15, -0.1) is 0 Å². The maximum absolute atomic E-state index is 13.3. The van der Waals surface area contributed by atoms with Gasteiger partial charge < -0.3 is 10.0 Å². The molecule has 1 aliphatic rings. The number of benzene rings is 2. The molecule has 4 heteroatoms. The van der Waals surface area contributed by atoms with Gasteiger partial charge in [0.05, 0.1) is 12.0 Å². The van der Waals surface area contributed by atoms with Crippen LogP contribution < -0.4 is 0 Å². The van der Waals surface area contributed by atoms with Gasteiger partial charge in [-0.1, -0.05) is 64.8 Å². The third-order valence-electron chi connectivity index (χ3n) is 4.89. The topological polar surface area (TPSA) is 40.5 Å². The van der Waals surface area contributed by atoms with Crippen LogP contribution in [0.2, 0.25) is 0 Å². The molecule has 0 spiro atoms. The highest BCUT2D eigenvalue weighted by molar-refractivity contribution is 9.10. The molecular weight excluding hydrogens is 366 g/mol. The molecule has 126 valence electrons. The Morgan fingerprint density at radius 2 is 1.75 bits per heavy atom. The second kappa shape index (κ2) is 7.49. The largest absolute Gasteiger partial charge is 0.395 e. The quantitative estimate of drug-likeness (QED) is 0.816. The lowest BCUT2D eigenvalue weighted by Crippen LogP contribution is -2.51. The average Bonchev–Trinajstić information content (AvgIpc) is 2.56. The highest BCUT2D eigenvalue weighted by Crippen LogP contribution is 2.45. The van der Waals surface area contributed by atoms with Crippen LogP contribution >= 0.6 is 15.9 Å². The Labute approximate surface area is 151 Å². The maximum Gasteiger partial charge on any atom is 0.233 e. The molecule has 0 radical (unpaired) electrons. The van der Waals surface area contributed by atoms with Crippen molar-refractivity contribution in [3.05, 3.63) is 70.2 Å². The summed E-state index contributed by atoms with van der Waals surface area (Å²) in [5, 5.41) is 9.43. The number of nitrogens with zero attached hydrogens (tertiary/aromatic N) is 1. The number of rotatable bonds is 6. The zero-order valence-electron chi connectivity index (χ0n) is 13.6. The molecule has 2 aromatic rings. The first kappa shape index (κ1) is 17.2. The van der Waals surface area contributed by atoms with E-state index in [-0.39, 0.29) is 12.5 Å². The summed E-state index contributed by atoms with van der Waals surface area (Å²) in [5.41, 5.74) is 1.74. The van der Waals surface area contributed by atoms with Gasteiger partial charge in [0.2, 0.25) is 5.91 Å². The molecule has 3 nitrogen and oxygen atoms in total. The smallest absolute Gasteiger partial charge is 0.233 e. The fourth-order valence-electron chi connectivity index (χ4n) is 3.40. The van der Waals surface area contributed by atoms with E-state index >= 15 is 0 Å². The minimum Gasteiger partial charge on any atom is -0.395 e. The van der Waals surface area contributed by atoms with E-state index in [1.54, 1.807) is 4.90 Å². The highest BCUT2D eigenvalue weighted by atomic mass is 79.9.